The summed E-state index contributed by atoms with van der Waals surface area (Å²) in [6.07, 6.45) is 2.86. The Morgan fingerprint density at radius 3 is 2.36 bits per heavy atom. The molecule has 0 spiro atoms. The third-order valence-corrected chi connectivity index (χ3v) is 3.31. The number of hydrogen-bond acceptors (Lipinski definition) is 6. The molecule has 0 fully saturated rings. The lowest BCUT2D eigenvalue weighted by atomic mass is 10.2. The Morgan fingerprint density at radius 2 is 1.76 bits per heavy atom. The van der Waals surface area contributed by atoms with Crippen molar-refractivity contribution in [2.75, 3.05) is 13.2 Å². The fraction of sp³-hybridized carbons (Fsp3) is 0.333. The molecule has 0 saturated carbocycles. The summed E-state index contributed by atoms with van der Waals surface area (Å²) in [5.41, 5.74) is 1.06. The number of hydrogen-bond donors (Lipinski definition) is 0. The first kappa shape index (κ1) is 18.4. The summed E-state index contributed by atoms with van der Waals surface area (Å²) in [7, 11) is 0. The van der Waals surface area contributed by atoms with E-state index in [0.29, 0.717) is 12.4 Å². The molecular weight excluding hydrogens is 322 g/mol. The SMILES string of the molecule is CCOC(=O)C(C=Nc1ccnn1Cc1ccccc1)C(=O)OCC. The Bertz CT molecular complexity index is 707. The molecule has 1 aromatic carbocycles. The second-order valence-corrected chi connectivity index (χ2v) is 5.09. The molecule has 7 heteroatoms. The van der Waals surface area contributed by atoms with Gasteiger partial charge in [0.15, 0.2) is 5.92 Å². The molecule has 0 bridgehead atoms. The highest BCUT2D eigenvalue weighted by Gasteiger charge is 2.27. The van der Waals surface area contributed by atoms with E-state index < -0.39 is 17.9 Å². The van der Waals surface area contributed by atoms with Crippen molar-refractivity contribution in [1.82, 2.24) is 9.78 Å². The zero-order valence-electron chi connectivity index (χ0n) is 14.3. The Kier molecular flexibility index (Phi) is 6.88. The predicted molar refractivity (Wildman–Crippen MR) is 92.7 cm³/mol. The summed E-state index contributed by atoms with van der Waals surface area (Å²) in [5, 5.41) is 4.22. The number of nitrogens with zero attached hydrogens (tertiary/aromatic N) is 3. The lowest BCUT2D eigenvalue weighted by Crippen LogP contribution is -2.29. The minimum Gasteiger partial charge on any atom is -0.465 e. The molecule has 0 saturated heterocycles. The summed E-state index contributed by atoms with van der Waals surface area (Å²) in [5.74, 6) is -2.03. The van der Waals surface area contributed by atoms with Gasteiger partial charge < -0.3 is 9.47 Å². The minimum absolute atomic E-state index is 0.175. The van der Waals surface area contributed by atoms with Crippen molar-refractivity contribution in [2.24, 2.45) is 10.9 Å². The largest absolute Gasteiger partial charge is 0.465 e. The summed E-state index contributed by atoms with van der Waals surface area (Å²) < 4.78 is 11.5. The highest BCUT2D eigenvalue weighted by Crippen LogP contribution is 2.14. The number of aliphatic imine (C=N–C) groups is 1. The number of benzene rings is 1. The van der Waals surface area contributed by atoms with E-state index in [1.165, 1.54) is 6.21 Å². The van der Waals surface area contributed by atoms with E-state index in [9.17, 15) is 9.59 Å². The van der Waals surface area contributed by atoms with Crippen LogP contribution in [0, 0.1) is 5.92 Å². The molecule has 0 aliphatic heterocycles. The maximum absolute atomic E-state index is 12.0. The summed E-state index contributed by atoms with van der Waals surface area (Å²) in [4.78, 5) is 28.2. The van der Waals surface area contributed by atoms with Gasteiger partial charge in [-0.1, -0.05) is 30.3 Å². The van der Waals surface area contributed by atoms with Gasteiger partial charge in [-0.25, -0.2) is 9.67 Å². The van der Waals surface area contributed by atoms with Gasteiger partial charge >= 0.3 is 11.9 Å². The predicted octanol–water partition coefficient (Wildman–Crippen LogP) is 2.38. The van der Waals surface area contributed by atoms with E-state index in [0.717, 1.165) is 5.56 Å². The molecule has 1 aromatic heterocycles. The van der Waals surface area contributed by atoms with Crippen molar-refractivity contribution in [2.45, 2.75) is 20.4 Å². The zero-order valence-corrected chi connectivity index (χ0v) is 14.3. The zero-order chi connectivity index (χ0) is 18.1. The van der Waals surface area contributed by atoms with Crippen LogP contribution in [0.15, 0.2) is 47.6 Å². The van der Waals surface area contributed by atoms with Crippen molar-refractivity contribution in [3.05, 3.63) is 48.2 Å². The molecule has 2 rings (SSSR count). The van der Waals surface area contributed by atoms with Crippen molar-refractivity contribution < 1.29 is 19.1 Å². The topological polar surface area (TPSA) is 82.8 Å². The fourth-order valence-electron chi connectivity index (χ4n) is 2.15. The lowest BCUT2D eigenvalue weighted by Gasteiger charge is -2.10. The average molecular weight is 343 g/mol. The van der Waals surface area contributed by atoms with Crippen LogP contribution in [0.25, 0.3) is 0 Å². The molecule has 2 aromatic rings. The number of ether oxygens (including phenoxy) is 2. The van der Waals surface area contributed by atoms with Crippen molar-refractivity contribution >= 4 is 24.0 Å². The highest BCUT2D eigenvalue weighted by molar-refractivity contribution is 6.09. The van der Waals surface area contributed by atoms with Crippen molar-refractivity contribution in [3.63, 3.8) is 0 Å². The van der Waals surface area contributed by atoms with Gasteiger partial charge in [-0.3, -0.25) is 9.59 Å². The lowest BCUT2D eigenvalue weighted by molar-refractivity contribution is -0.157. The van der Waals surface area contributed by atoms with E-state index in [1.807, 2.05) is 30.3 Å². The van der Waals surface area contributed by atoms with Gasteiger partial charge in [0.1, 0.15) is 5.82 Å². The van der Waals surface area contributed by atoms with Crippen LogP contribution in [0.4, 0.5) is 5.82 Å². The summed E-state index contributed by atoms with van der Waals surface area (Å²) >= 11 is 0. The third-order valence-electron chi connectivity index (χ3n) is 3.31. The molecular formula is C18H21N3O4. The Labute approximate surface area is 146 Å². The van der Waals surface area contributed by atoms with Crippen LogP contribution in [0.2, 0.25) is 0 Å². The number of aromatic nitrogens is 2. The van der Waals surface area contributed by atoms with Gasteiger partial charge in [-0.15, -0.1) is 0 Å². The maximum Gasteiger partial charge on any atom is 0.325 e. The molecule has 0 amide bonds. The Morgan fingerprint density at radius 1 is 1.12 bits per heavy atom. The summed E-state index contributed by atoms with van der Waals surface area (Å²) in [6, 6.07) is 11.5. The molecule has 7 nitrogen and oxygen atoms in total. The number of rotatable bonds is 8. The average Bonchev–Trinajstić information content (AvgIpc) is 3.03. The van der Waals surface area contributed by atoms with Gasteiger partial charge in [0.2, 0.25) is 0 Å². The van der Waals surface area contributed by atoms with E-state index in [1.54, 1.807) is 30.8 Å². The van der Waals surface area contributed by atoms with Crippen LogP contribution in [0.1, 0.15) is 19.4 Å². The number of carbonyl (C=O) groups excluding carboxylic acids is 2. The molecule has 132 valence electrons. The third kappa shape index (κ3) is 5.27. The highest BCUT2D eigenvalue weighted by atomic mass is 16.6. The monoisotopic (exact) mass is 343 g/mol. The first-order valence-electron chi connectivity index (χ1n) is 8.08. The summed E-state index contributed by atoms with van der Waals surface area (Å²) in [6.45, 7) is 4.23. The maximum atomic E-state index is 12.0. The van der Waals surface area contributed by atoms with E-state index in [-0.39, 0.29) is 13.2 Å². The van der Waals surface area contributed by atoms with Crippen LogP contribution in [0.5, 0.6) is 0 Å². The van der Waals surface area contributed by atoms with E-state index >= 15 is 0 Å². The van der Waals surface area contributed by atoms with Crippen LogP contribution >= 0.6 is 0 Å². The van der Waals surface area contributed by atoms with Crippen molar-refractivity contribution in [3.8, 4) is 0 Å². The fourth-order valence-corrected chi connectivity index (χ4v) is 2.15. The van der Waals surface area contributed by atoms with E-state index in [2.05, 4.69) is 10.1 Å². The molecule has 25 heavy (non-hydrogen) atoms. The van der Waals surface area contributed by atoms with Crippen LogP contribution in [-0.4, -0.2) is 41.1 Å². The van der Waals surface area contributed by atoms with Gasteiger partial charge in [0.05, 0.1) is 26.0 Å². The van der Waals surface area contributed by atoms with Crippen molar-refractivity contribution in [1.29, 1.82) is 0 Å². The minimum atomic E-state index is -1.19. The van der Waals surface area contributed by atoms with E-state index in [4.69, 9.17) is 9.47 Å². The number of carbonyl (C=O) groups is 2. The number of esters is 2. The van der Waals surface area contributed by atoms with Gasteiger partial charge in [-0.2, -0.15) is 5.10 Å². The second-order valence-electron chi connectivity index (χ2n) is 5.09. The molecule has 0 aliphatic carbocycles. The van der Waals surface area contributed by atoms with Crippen LogP contribution in [0.3, 0.4) is 0 Å². The molecule has 1 heterocycles. The molecule has 0 unspecified atom stereocenters. The standard InChI is InChI=1S/C18H21N3O4/c1-3-24-17(22)15(18(23)25-4-2)12-19-16-10-11-20-21(16)13-14-8-6-5-7-9-14/h5-12,15H,3-4,13H2,1-2H3. The molecule has 0 atom stereocenters. The van der Waals surface area contributed by atoms with Gasteiger partial charge in [0.25, 0.3) is 0 Å². The Balaban J connectivity index is 2.16. The molecule has 0 radical (unpaired) electrons. The van der Waals surface area contributed by atoms with Gasteiger partial charge in [-0.05, 0) is 19.4 Å². The Hall–Kier alpha value is -2.96. The van der Waals surface area contributed by atoms with Gasteiger partial charge in [0, 0.05) is 12.3 Å². The smallest absolute Gasteiger partial charge is 0.325 e. The first-order chi connectivity index (χ1) is 12.2. The van der Waals surface area contributed by atoms with Crippen LogP contribution < -0.4 is 0 Å². The second kappa shape index (κ2) is 9.36. The quantitative estimate of drug-likeness (QED) is 0.417. The normalized spacial score (nSPS) is 11.0. The first-order valence-corrected chi connectivity index (χ1v) is 8.08. The molecule has 0 N–H and O–H groups in total. The van der Waals surface area contributed by atoms with Crippen LogP contribution in [-0.2, 0) is 25.6 Å². The molecule has 0 aliphatic rings.